The third kappa shape index (κ3) is 3.11. The van der Waals surface area contributed by atoms with Crippen molar-refractivity contribution >= 4 is 5.91 Å². The van der Waals surface area contributed by atoms with Crippen LogP contribution < -0.4 is 0 Å². The Hall–Kier alpha value is -0.610. The third-order valence-corrected chi connectivity index (χ3v) is 4.90. The molecule has 0 radical (unpaired) electrons. The highest BCUT2D eigenvalue weighted by atomic mass is 16.5. The number of hydrogen-bond acceptors (Lipinski definition) is 3. The van der Waals surface area contributed by atoms with Crippen molar-refractivity contribution in [3.05, 3.63) is 0 Å². The van der Waals surface area contributed by atoms with Crippen LogP contribution in [-0.2, 0) is 9.53 Å². The van der Waals surface area contributed by atoms with Crippen LogP contribution in [0.25, 0.3) is 0 Å². The largest absolute Gasteiger partial charge is 0.396 e. The molecule has 1 N–H and O–H groups in total. The fourth-order valence-electron chi connectivity index (χ4n) is 3.59. The highest BCUT2D eigenvalue weighted by Gasteiger charge is 2.43. The lowest BCUT2D eigenvalue weighted by molar-refractivity contribution is -0.139. The average molecular weight is 269 g/mol. The van der Waals surface area contributed by atoms with E-state index in [-0.39, 0.29) is 30.6 Å². The molecule has 19 heavy (non-hydrogen) atoms. The Morgan fingerprint density at radius 1 is 1.32 bits per heavy atom. The molecule has 4 nitrogen and oxygen atoms in total. The Morgan fingerprint density at radius 3 is 2.63 bits per heavy atom. The molecule has 1 amide bonds. The van der Waals surface area contributed by atoms with Crippen LogP contribution in [0.2, 0.25) is 0 Å². The van der Waals surface area contributed by atoms with Crippen LogP contribution in [0.5, 0.6) is 0 Å². The van der Waals surface area contributed by atoms with E-state index in [1.165, 1.54) is 0 Å². The van der Waals surface area contributed by atoms with Gasteiger partial charge < -0.3 is 14.7 Å². The van der Waals surface area contributed by atoms with E-state index in [1.54, 1.807) is 0 Å². The Balaban J connectivity index is 1.99. The van der Waals surface area contributed by atoms with Gasteiger partial charge in [0.15, 0.2) is 0 Å². The predicted octanol–water partition coefficient (Wildman–Crippen LogP) is 1.67. The molecule has 2 saturated heterocycles. The molecule has 0 spiro atoms. The van der Waals surface area contributed by atoms with Crippen LogP contribution in [-0.4, -0.2) is 47.8 Å². The summed E-state index contributed by atoms with van der Waals surface area (Å²) in [7, 11) is 0. The number of aliphatic hydroxyl groups excluding tert-OH is 1. The Morgan fingerprint density at radius 2 is 2.05 bits per heavy atom. The van der Waals surface area contributed by atoms with Gasteiger partial charge in [0, 0.05) is 19.7 Å². The fraction of sp³-hybridized carbons (Fsp3) is 0.933. The Kier molecular flexibility index (Phi) is 4.85. The molecule has 0 aliphatic carbocycles. The maximum absolute atomic E-state index is 12.7. The summed E-state index contributed by atoms with van der Waals surface area (Å²) in [6.45, 7) is 8.08. The SMILES string of the molecule is CC1OC(C)C(C(=O)N2CCCC(CCO)C2)C1C. The van der Waals surface area contributed by atoms with Gasteiger partial charge in [-0.2, -0.15) is 0 Å². The van der Waals surface area contributed by atoms with E-state index in [4.69, 9.17) is 9.84 Å². The molecule has 5 unspecified atom stereocenters. The lowest BCUT2D eigenvalue weighted by atomic mass is 9.86. The minimum Gasteiger partial charge on any atom is -0.396 e. The van der Waals surface area contributed by atoms with Gasteiger partial charge in [-0.25, -0.2) is 0 Å². The number of carbonyl (C=O) groups is 1. The van der Waals surface area contributed by atoms with E-state index in [0.717, 1.165) is 32.4 Å². The van der Waals surface area contributed by atoms with Crippen LogP contribution in [0.1, 0.15) is 40.0 Å². The molecule has 4 heteroatoms. The molecule has 0 aromatic heterocycles. The summed E-state index contributed by atoms with van der Waals surface area (Å²) in [5, 5.41) is 9.05. The highest BCUT2D eigenvalue weighted by Crippen LogP contribution is 2.34. The summed E-state index contributed by atoms with van der Waals surface area (Å²) in [6.07, 6.45) is 3.19. The van der Waals surface area contributed by atoms with Crippen molar-refractivity contribution < 1.29 is 14.6 Å². The first-order valence-corrected chi connectivity index (χ1v) is 7.59. The normalized spacial score (nSPS) is 39.6. The summed E-state index contributed by atoms with van der Waals surface area (Å²) in [4.78, 5) is 14.7. The smallest absolute Gasteiger partial charge is 0.228 e. The number of aliphatic hydroxyl groups is 1. The van der Waals surface area contributed by atoms with Crippen molar-refractivity contribution in [1.29, 1.82) is 0 Å². The van der Waals surface area contributed by atoms with E-state index >= 15 is 0 Å². The molecule has 2 aliphatic rings. The fourth-order valence-corrected chi connectivity index (χ4v) is 3.59. The topological polar surface area (TPSA) is 49.8 Å². The minimum absolute atomic E-state index is 0.00266. The van der Waals surface area contributed by atoms with Crippen LogP contribution >= 0.6 is 0 Å². The number of hydrogen-bond donors (Lipinski definition) is 1. The van der Waals surface area contributed by atoms with Gasteiger partial charge in [0.25, 0.3) is 0 Å². The zero-order valence-electron chi connectivity index (χ0n) is 12.3. The van der Waals surface area contributed by atoms with Crippen LogP contribution in [0.4, 0.5) is 0 Å². The van der Waals surface area contributed by atoms with E-state index in [0.29, 0.717) is 11.8 Å². The lowest BCUT2D eigenvalue weighted by Crippen LogP contribution is -2.46. The molecular weight excluding hydrogens is 242 g/mol. The summed E-state index contributed by atoms with van der Waals surface area (Å²) in [6, 6.07) is 0. The molecule has 5 atom stereocenters. The van der Waals surface area contributed by atoms with Crippen molar-refractivity contribution in [2.45, 2.75) is 52.2 Å². The molecule has 2 rings (SSSR count). The monoisotopic (exact) mass is 269 g/mol. The maximum Gasteiger partial charge on any atom is 0.228 e. The predicted molar refractivity (Wildman–Crippen MR) is 73.7 cm³/mol. The minimum atomic E-state index is 0.00266. The molecule has 2 heterocycles. The molecular formula is C15H27NO3. The molecule has 2 aliphatic heterocycles. The quantitative estimate of drug-likeness (QED) is 0.848. The molecule has 2 fully saturated rings. The van der Waals surface area contributed by atoms with Gasteiger partial charge in [-0.3, -0.25) is 4.79 Å². The van der Waals surface area contributed by atoms with Crippen molar-refractivity contribution in [2.75, 3.05) is 19.7 Å². The first-order valence-electron chi connectivity index (χ1n) is 7.59. The number of rotatable bonds is 3. The van der Waals surface area contributed by atoms with Crippen LogP contribution in [0.15, 0.2) is 0 Å². The van der Waals surface area contributed by atoms with Gasteiger partial charge in [0.1, 0.15) is 0 Å². The van der Waals surface area contributed by atoms with Crippen molar-refractivity contribution in [2.24, 2.45) is 17.8 Å². The summed E-state index contributed by atoms with van der Waals surface area (Å²) in [5.41, 5.74) is 0. The Labute approximate surface area is 116 Å². The average Bonchev–Trinajstić information content (AvgIpc) is 2.63. The van der Waals surface area contributed by atoms with Gasteiger partial charge in [-0.1, -0.05) is 6.92 Å². The second kappa shape index (κ2) is 6.23. The van der Waals surface area contributed by atoms with E-state index in [9.17, 15) is 4.79 Å². The van der Waals surface area contributed by atoms with Gasteiger partial charge in [0.05, 0.1) is 18.1 Å². The van der Waals surface area contributed by atoms with Crippen LogP contribution in [0, 0.1) is 17.8 Å². The summed E-state index contributed by atoms with van der Waals surface area (Å²) in [5.74, 6) is 1.02. The van der Waals surface area contributed by atoms with Gasteiger partial charge in [-0.15, -0.1) is 0 Å². The van der Waals surface area contributed by atoms with Crippen molar-refractivity contribution in [3.8, 4) is 0 Å². The zero-order valence-corrected chi connectivity index (χ0v) is 12.3. The van der Waals surface area contributed by atoms with Crippen molar-refractivity contribution in [3.63, 3.8) is 0 Å². The van der Waals surface area contributed by atoms with Gasteiger partial charge >= 0.3 is 0 Å². The highest BCUT2D eigenvalue weighted by molar-refractivity contribution is 5.80. The summed E-state index contributed by atoms with van der Waals surface area (Å²) < 4.78 is 5.78. The van der Waals surface area contributed by atoms with E-state index in [2.05, 4.69) is 13.8 Å². The number of likely N-dealkylation sites (tertiary alicyclic amines) is 1. The third-order valence-electron chi connectivity index (χ3n) is 4.90. The number of ether oxygens (including phenoxy) is 1. The number of piperidine rings is 1. The van der Waals surface area contributed by atoms with E-state index in [1.807, 2.05) is 11.8 Å². The molecule has 110 valence electrons. The number of amides is 1. The van der Waals surface area contributed by atoms with Crippen molar-refractivity contribution in [1.82, 2.24) is 4.90 Å². The Bertz CT molecular complexity index is 319. The number of carbonyl (C=O) groups excluding carboxylic acids is 1. The second-order valence-corrected chi connectivity index (χ2v) is 6.24. The first-order chi connectivity index (χ1) is 9.04. The summed E-state index contributed by atoms with van der Waals surface area (Å²) >= 11 is 0. The molecule has 0 bridgehead atoms. The second-order valence-electron chi connectivity index (χ2n) is 6.24. The van der Waals surface area contributed by atoms with Crippen LogP contribution in [0.3, 0.4) is 0 Å². The molecule has 0 aromatic rings. The van der Waals surface area contributed by atoms with Gasteiger partial charge in [-0.05, 0) is 44.9 Å². The standard InChI is InChI=1S/C15H27NO3/c1-10-11(2)19-12(3)14(10)15(18)16-7-4-5-13(9-16)6-8-17/h10-14,17H,4-9H2,1-3H3. The molecule has 0 aromatic carbocycles. The van der Waals surface area contributed by atoms with E-state index < -0.39 is 0 Å². The maximum atomic E-state index is 12.7. The lowest BCUT2D eigenvalue weighted by Gasteiger charge is -2.35. The first kappa shape index (κ1) is 14.8. The zero-order chi connectivity index (χ0) is 14.0. The van der Waals surface area contributed by atoms with Gasteiger partial charge in [0.2, 0.25) is 5.91 Å². The molecule has 0 saturated carbocycles. The number of nitrogens with zero attached hydrogens (tertiary/aromatic N) is 1.